The van der Waals surface area contributed by atoms with Crippen LogP contribution in [0.4, 0.5) is 5.82 Å². The molecule has 190 valence electrons. The number of fused-ring (bicyclic) bond motifs is 1. The lowest BCUT2D eigenvalue weighted by molar-refractivity contribution is -0.158. The maximum Gasteiger partial charge on any atom is 0.361 e. The van der Waals surface area contributed by atoms with Gasteiger partial charge in [-0.25, -0.2) is 15.0 Å². The molecule has 0 saturated heterocycles. The number of imidazole rings is 1. The molecule has 0 aromatic carbocycles. The highest BCUT2D eigenvalue weighted by Gasteiger charge is 2.40. The molecule has 0 fully saturated rings. The molecule has 2 rings (SSSR count). The minimum atomic E-state index is -4.48. The zero-order valence-corrected chi connectivity index (χ0v) is 21.0. The first kappa shape index (κ1) is 28.0. The Morgan fingerprint density at radius 1 is 1.03 bits per heavy atom. The zero-order chi connectivity index (χ0) is 25.9. The summed E-state index contributed by atoms with van der Waals surface area (Å²) in [7, 11) is -4.48. The van der Waals surface area contributed by atoms with Crippen molar-refractivity contribution in [1.29, 1.82) is 0 Å². The number of anilines is 1. The van der Waals surface area contributed by atoms with Gasteiger partial charge in [0.25, 0.3) is 0 Å². The van der Waals surface area contributed by atoms with Crippen molar-refractivity contribution in [3.8, 4) is 0 Å². The number of aliphatic hydroxyl groups excluding tert-OH is 2. The molecule has 0 amide bonds. The number of nitrogen functional groups attached to an aromatic ring is 1. The summed E-state index contributed by atoms with van der Waals surface area (Å²) in [6, 6.07) is 0. The van der Waals surface area contributed by atoms with E-state index in [0.29, 0.717) is 11.2 Å². The molecule has 13 nitrogen and oxygen atoms in total. The van der Waals surface area contributed by atoms with E-state index in [1.165, 1.54) is 54.2 Å². The molecule has 0 spiro atoms. The van der Waals surface area contributed by atoms with Crippen molar-refractivity contribution < 1.29 is 38.2 Å². The number of Topliss-reactive ketones (excluding diaryl/α,β-unsaturated/α-hetero) is 2. The minimum Gasteiger partial charge on any atom is -0.382 e. The Labute approximate surface area is 197 Å². The van der Waals surface area contributed by atoms with Crippen LogP contribution in [0.25, 0.3) is 11.2 Å². The van der Waals surface area contributed by atoms with E-state index in [1.54, 1.807) is 4.57 Å². The van der Waals surface area contributed by atoms with Crippen LogP contribution < -0.4 is 5.73 Å². The van der Waals surface area contributed by atoms with E-state index >= 15 is 0 Å². The Kier molecular flexibility index (Phi) is 8.67. The standard InChI is InChI=1S/C20H32N5O8P/c1-19(2,3)13(26)17(28)32-34(30,33-18(29)14(27)20(4,5)6)11-31-8-7-25-10-24-12-15(21)22-9-23-16(12)25/h9-10,17-18,28-29H,7-8,11H2,1-6H3,(H2,21,22,23). The fourth-order valence-corrected chi connectivity index (χ4v) is 3.95. The molecular formula is C20H32N5O8P. The number of nitrogens with zero attached hydrogens (tertiary/aromatic N) is 4. The van der Waals surface area contributed by atoms with E-state index in [-0.39, 0.29) is 19.0 Å². The molecule has 0 saturated carbocycles. The molecule has 2 heterocycles. The van der Waals surface area contributed by atoms with Gasteiger partial charge in [-0.05, 0) is 0 Å². The van der Waals surface area contributed by atoms with Crippen LogP contribution in [0.2, 0.25) is 0 Å². The molecule has 0 aliphatic rings. The van der Waals surface area contributed by atoms with Gasteiger partial charge in [-0.15, -0.1) is 0 Å². The van der Waals surface area contributed by atoms with Crippen molar-refractivity contribution >= 4 is 36.1 Å². The Bertz CT molecular complexity index is 1040. The van der Waals surface area contributed by atoms with Gasteiger partial charge in [-0.3, -0.25) is 23.2 Å². The van der Waals surface area contributed by atoms with Gasteiger partial charge >= 0.3 is 7.60 Å². The number of carbonyl (C=O) groups excluding carboxylic acids is 2. The second-order valence-corrected chi connectivity index (χ2v) is 11.6. The highest BCUT2D eigenvalue weighted by Crippen LogP contribution is 2.51. The van der Waals surface area contributed by atoms with Gasteiger partial charge < -0.3 is 25.3 Å². The normalized spacial score (nSPS) is 16.2. The van der Waals surface area contributed by atoms with E-state index in [1.807, 2.05) is 0 Å². The third-order valence-electron chi connectivity index (χ3n) is 4.60. The molecule has 0 radical (unpaired) electrons. The summed E-state index contributed by atoms with van der Waals surface area (Å²) < 4.78 is 30.3. The summed E-state index contributed by atoms with van der Waals surface area (Å²) in [6.45, 7) is 9.38. The number of ether oxygens (including phenoxy) is 1. The average molecular weight is 501 g/mol. The maximum atomic E-state index is 13.3. The van der Waals surface area contributed by atoms with Crippen LogP contribution in [0.3, 0.4) is 0 Å². The minimum absolute atomic E-state index is 0.0430. The molecule has 2 unspecified atom stereocenters. The summed E-state index contributed by atoms with van der Waals surface area (Å²) in [4.78, 5) is 36.7. The molecule has 0 aliphatic carbocycles. The van der Waals surface area contributed by atoms with Gasteiger partial charge in [0.15, 0.2) is 23.0 Å². The topological polar surface area (TPSA) is 189 Å². The highest BCUT2D eigenvalue weighted by atomic mass is 31.2. The lowest BCUT2D eigenvalue weighted by atomic mass is 9.90. The monoisotopic (exact) mass is 501 g/mol. The second-order valence-electron chi connectivity index (χ2n) is 9.66. The number of aromatic nitrogens is 4. The summed E-state index contributed by atoms with van der Waals surface area (Å²) in [5.41, 5.74) is 4.59. The average Bonchev–Trinajstić information content (AvgIpc) is 3.13. The Hall–Kier alpha value is -2.28. The number of aliphatic hydroxyl groups is 2. The zero-order valence-electron chi connectivity index (χ0n) is 20.1. The largest absolute Gasteiger partial charge is 0.382 e. The van der Waals surface area contributed by atoms with Crippen LogP contribution >= 0.6 is 7.60 Å². The SMILES string of the molecule is CC(C)(C)C(=O)C(O)OP(=O)(COCCn1cnc2c(N)ncnc21)OC(O)C(=O)C(C)(C)C. The summed E-state index contributed by atoms with van der Waals surface area (Å²) in [6.07, 6.45) is -2.23. The quantitative estimate of drug-likeness (QED) is 0.229. The van der Waals surface area contributed by atoms with Gasteiger partial charge in [-0.2, -0.15) is 0 Å². The molecule has 4 N–H and O–H groups in total. The van der Waals surface area contributed by atoms with Gasteiger partial charge in [-0.1, -0.05) is 41.5 Å². The van der Waals surface area contributed by atoms with Crippen LogP contribution in [-0.2, 0) is 34.5 Å². The predicted octanol–water partition coefficient (Wildman–Crippen LogP) is 1.48. The first-order valence-corrected chi connectivity index (χ1v) is 12.2. The summed E-state index contributed by atoms with van der Waals surface area (Å²) in [5, 5.41) is 20.3. The predicted molar refractivity (Wildman–Crippen MR) is 121 cm³/mol. The molecular weight excluding hydrogens is 469 g/mol. The van der Waals surface area contributed by atoms with Crippen molar-refractivity contribution in [1.82, 2.24) is 19.5 Å². The number of nitrogens with two attached hydrogens (primary N) is 1. The summed E-state index contributed by atoms with van der Waals surface area (Å²) >= 11 is 0. The summed E-state index contributed by atoms with van der Waals surface area (Å²) in [5.74, 6) is -1.32. The number of hydrogen-bond donors (Lipinski definition) is 3. The van der Waals surface area contributed by atoms with Crippen LogP contribution in [0.1, 0.15) is 41.5 Å². The van der Waals surface area contributed by atoms with Crippen molar-refractivity contribution in [2.24, 2.45) is 10.8 Å². The van der Waals surface area contributed by atoms with Crippen LogP contribution in [0.15, 0.2) is 12.7 Å². The second kappa shape index (κ2) is 10.5. The number of rotatable bonds is 11. The van der Waals surface area contributed by atoms with Gasteiger partial charge in [0.1, 0.15) is 18.2 Å². The van der Waals surface area contributed by atoms with E-state index < -0.39 is 48.9 Å². The Morgan fingerprint density at radius 3 is 2.06 bits per heavy atom. The molecule has 2 atom stereocenters. The van der Waals surface area contributed by atoms with Crippen molar-refractivity contribution in [2.45, 2.75) is 60.7 Å². The van der Waals surface area contributed by atoms with Crippen molar-refractivity contribution in [3.05, 3.63) is 12.7 Å². The third kappa shape index (κ3) is 7.11. The van der Waals surface area contributed by atoms with Crippen LogP contribution in [0.5, 0.6) is 0 Å². The van der Waals surface area contributed by atoms with Crippen LogP contribution in [-0.4, -0.2) is 66.8 Å². The molecule has 0 bridgehead atoms. The maximum absolute atomic E-state index is 13.3. The van der Waals surface area contributed by atoms with Crippen LogP contribution in [0, 0.1) is 10.8 Å². The first-order chi connectivity index (χ1) is 15.5. The van der Waals surface area contributed by atoms with Crippen molar-refractivity contribution in [2.75, 3.05) is 18.7 Å². The molecule has 2 aromatic heterocycles. The third-order valence-corrected chi connectivity index (χ3v) is 6.14. The lowest BCUT2D eigenvalue weighted by Crippen LogP contribution is -2.36. The van der Waals surface area contributed by atoms with Gasteiger partial charge in [0.2, 0.25) is 12.6 Å². The van der Waals surface area contributed by atoms with Crippen molar-refractivity contribution in [3.63, 3.8) is 0 Å². The fourth-order valence-electron chi connectivity index (χ4n) is 2.63. The van der Waals surface area contributed by atoms with E-state index in [2.05, 4.69) is 15.0 Å². The first-order valence-electron chi connectivity index (χ1n) is 10.4. The molecule has 14 heteroatoms. The molecule has 34 heavy (non-hydrogen) atoms. The number of hydrogen-bond acceptors (Lipinski definition) is 12. The van der Waals surface area contributed by atoms with Gasteiger partial charge in [0.05, 0.1) is 12.9 Å². The molecule has 2 aromatic rings. The fraction of sp³-hybridized carbons (Fsp3) is 0.650. The smallest absolute Gasteiger partial charge is 0.361 e. The van der Waals surface area contributed by atoms with E-state index in [4.69, 9.17) is 19.5 Å². The van der Waals surface area contributed by atoms with E-state index in [9.17, 15) is 24.4 Å². The number of ketones is 2. The highest BCUT2D eigenvalue weighted by molar-refractivity contribution is 7.53. The Balaban J connectivity index is 2.11. The Morgan fingerprint density at radius 2 is 1.56 bits per heavy atom. The molecule has 0 aliphatic heterocycles. The lowest BCUT2D eigenvalue weighted by Gasteiger charge is -2.27. The van der Waals surface area contributed by atoms with E-state index in [0.717, 1.165) is 0 Å². The van der Waals surface area contributed by atoms with Gasteiger partial charge in [0, 0.05) is 17.4 Å². The number of carbonyl (C=O) groups is 2.